The van der Waals surface area contributed by atoms with Crippen molar-refractivity contribution in [1.29, 1.82) is 0 Å². The normalized spacial score (nSPS) is 11.8. The van der Waals surface area contributed by atoms with Gasteiger partial charge in [0, 0.05) is 12.1 Å². The molecule has 0 unspecified atom stereocenters. The summed E-state index contributed by atoms with van der Waals surface area (Å²) < 4.78 is 46.7. The molecule has 1 atom stereocenters. The zero-order chi connectivity index (χ0) is 24.2. The molecule has 0 bridgehead atoms. The average Bonchev–Trinajstić information content (AvgIpc) is 2.83. The van der Waals surface area contributed by atoms with Gasteiger partial charge in [-0.05, 0) is 46.7 Å². The molecule has 6 heteroatoms. The summed E-state index contributed by atoms with van der Waals surface area (Å²) in [7, 11) is 0. The fourth-order valence-corrected chi connectivity index (χ4v) is 3.81. The van der Waals surface area contributed by atoms with E-state index in [9.17, 15) is 18.0 Å². The molecule has 4 aromatic rings. The van der Waals surface area contributed by atoms with Crippen molar-refractivity contribution in [2.45, 2.75) is 19.3 Å². The maximum absolute atomic E-state index is 14.7. The third kappa shape index (κ3) is 5.32. The third-order valence-electron chi connectivity index (χ3n) is 5.55. The van der Waals surface area contributed by atoms with E-state index in [1.54, 1.807) is 6.07 Å². The number of halogens is 4. The maximum atomic E-state index is 14.7. The van der Waals surface area contributed by atoms with Crippen LogP contribution < -0.4 is 4.74 Å². The van der Waals surface area contributed by atoms with Crippen LogP contribution in [0.3, 0.4) is 0 Å². The summed E-state index contributed by atoms with van der Waals surface area (Å²) in [6.07, 6.45) is 0.870. The second-order valence-electron chi connectivity index (χ2n) is 8.00. The van der Waals surface area contributed by atoms with Crippen molar-refractivity contribution < 1.29 is 22.7 Å². The first-order valence-electron chi connectivity index (χ1n) is 10.6. The number of ether oxygens (including phenoxy) is 1. The van der Waals surface area contributed by atoms with E-state index >= 15 is 0 Å². The molecule has 0 aliphatic carbocycles. The Labute approximate surface area is 200 Å². The SMILES string of the molecule is C[C@H](Cc1ccc(-c2ccc(C(=O)Oc3cc(F)c(Cl)c(F)c3)c(F)c2)cc1)c1ccccc1. The van der Waals surface area contributed by atoms with Crippen LogP contribution in [0.4, 0.5) is 13.2 Å². The van der Waals surface area contributed by atoms with E-state index in [0.29, 0.717) is 11.5 Å². The van der Waals surface area contributed by atoms with Gasteiger partial charge in [-0.25, -0.2) is 18.0 Å². The Balaban J connectivity index is 1.47. The fourth-order valence-electron chi connectivity index (χ4n) is 3.70. The molecule has 0 amide bonds. The number of benzene rings is 4. The average molecular weight is 481 g/mol. The highest BCUT2D eigenvalue weighted by Gasteiger charge is 2.18. The molecule has 34 heavy (non-hydrogen) atoms. The summed E-state index contributed by atoms with van der Waals surface area (Å²) in [5, 5.41) is -0.712. The van der Waals surface area contributed by atoms with Gasteiger partial charge in [-0.2, -0.15) is 0 Å². The molecule has 0 N–H and O–H groups in total. The Bertz CT molecular complexity index is 1300. The van der Waals surface area contributed by atoms with Crippen molar-refractivity contribution in [3.8, 4) is 16.9 Å². The first-order valence-corrected chi connectivity index (χ1v) is 11.0. The van der Waals surface area contributed by atoms with Gasteiger partial charge in [-0.3, -0.25) is 0 Å². The van der Waals surface area contributed by atoms with Gasteiger partial charge in [0.05, 0.1) is 5.56 Å². The summed E-state index contributed by atoms with van der Waals surface area (Å²) >= 11 is 5.42. The van der Waals surface area contributed by atoms with Crippen molar-refractivity contribution in [2.75, 3.05) is 0 Å². The van der Waals surface area contributed by atoms with Crippen molar-refractivity contribution >= 4 is 17.6 Å². The largest absolute Gasteiger partial charge is 0.423 e. The highest BCUT2D eigenvalue weighted by atomic mass is 35.5. The van der Waals surface area contributed by atoms with Crippen LogP contribution in [0.1, 0.15) is 34.3 Å². The number of hydrogen-bond donors (Lipinski definition) is 0. The Kier molecular flexibility index (Phi) is 7.03. The highest BCUT2D eigenvalue weighted by Crippen LogP contribution is 2.27. The number of hydrogen-bond acceptors (Lipinski definition) is 2. The number of esters is 1. The summed E-state index contributed by atoms with van der Waals surface area (Å²) in [6.45, 7) is 2.17. The van der Waals surface area contributed by atoms with Gasteiger partial charge in [0.15, 0.2) is 0 Å². The van der Waals surface area contributed by atoms with Crippen molar-refractivity contribution in [2.24, 2.45) is 0 Å². The van der Waals surface area contributed by atoms with Crippen LogP contribution >= 0.6 is 11.6 Å². The lowest BCUT2D eigenvalue weighted by atomic mass is 9.93. The second kappa shape index (κ2) is 10.1. The summed E-state index contributed by atoms with van der Waals surface area (Å²) in [4.78, 5) is 12.3. The van der Waals surface area contributed by atoms with E-state index in [0.717, 1.165) is 29.7 Å². The first-order chi connectivity index (χ1) is 16.3. The van der Waals surface area contributed by atoms with Crippen molar-refractivity contribution in [3.05, 3.63) is 124 Å². The molecule has 4 aromatic carbocycles. The van der Waals surface area contributed by atoms with E-state index in [1.807, 2.05) is 42.5 Å². The molecule has 172 valence electrons. The van der Waals surface area contributed by atoms with Gasteiger partial charge in [-0.1, -0.05) is 79.2 Å². The number of carbonyl (C=O) groups is 1. The van der Waals surface area contributed by atoms with Crippen LogP contribution in [0, 0.1) is 17.5 Å². The summed E-state index contributed by atoms with van der Waals surface area (Å²) in [5.41, 5.74) is 3.44. The predicted octanol–water partition coefficient (Wildman–Crippen LogP) is 7.99. The molecule has 0 aliphatic heterocycles. The molecular formula is C28H20ClF3O2. The molecule has 2 nitrogen and oxygen atoms in total. The molecule has 0 heterocycles. The van der Waals surface area contributed by atoms with Crippen LogP contribution in [0.15, 0.2) is 84.9 Å². The predicted molar refractivity (Wildman–Crippen MR) is 127 cm³/mol. The molecular weight excluding hydrogens is 461 g/mol. The lowest BCUT2D eigenvalue weighted by Crippen LogP contribution is -2.11. The van der Waals surface area contributed by atoms with Gasteiger partial charge < -0.3 is 4.74 Å². The van der Waals surface area contributed by atoms with Crippen LogP contribution in [0.25, 0.3) is 11.1 Å². The van der Waals surface area contributed by atoms with Crippen molar-refractivity contribution in [1.82, 2.24) is 0 Å². The molecule has 4 rings (SSSR count). The maximum Gasteiger partial charge on any atom is 0.346 e. The Morgan fingerprint density at radius 2 is 1.44 bits per heavy atom. The molecule has 0 saturated carbocycles. The molecule has 0 fully saturated rings. The van der Waals surface area contributed by atoms with Crippen molar-refractivity contribution in [3.63, 3.8) is 0 Å². The monoisotopic (exact) mass is 480 g/mol. The van der Waals surface area contributed by atoms with Crippen LogP contribution in [-0.2, 0) is 6.42 Å². The van der Waals surface area contributed by atoms with Gasteiger partial charge in [-0.15, -0.1) is 0 Å². The van der Waals surface area contributed by atoms with E-state index in [1.165, 1.54) is 17.7 Å². The fraction of sp³-hybridized carbons (Fsp3) is 0.107. The minimum Gasteiger partial charge on any atom is -0.423 e. The first kappa shape index (κ1) is 23.6. The highest BCUT2D eigenvalue weighted by molar-refractivity contribution is 6.30. The van der Waals surface area contributed by atoms with E-state index in [-0.39, 0.29) is 5.56 Å². The van der Waals surface area contributed by atoms with Crippen LogP contribution in [-0.4, -0.2) is 5.97 Å². The minimum absolute atomic E-state index is 0.354. The van der Waals surface area contributed by atoms with E-state index in [2.05, 4.69) is 19.1 Å². The van der Waals surface area contributed by atoms with E-state index < -0.39 is 34.2 Å². The lowest BCUT2D eigenvalue weighted by Gasteiger charge is -2.12. The van der Waals surface area contributed by atoms with Gasteiger partial charge in [0.25, 0.3) is 0 Å². The Morgan fingerprint density at radius 1 is 0.824 bits per heavy atom. The van der Waals surface area contributed by atoms with Gasteiger partial charge in [0.1, 0.15) is 28.2 Å². The standard InChI is InChI=1S/C28H20ClF3O2/c1-17(19-5-3-2-4-6-19)13-18-7-9-20(10-8-18)21-11-12-23(24(30)14-21)28(33)34-22-15-25(31)27(29)26(32)16-22/h2-12,14-17H,13H2,1H3/t17-/m1/s1. The lowest BCUT2D eigenvalue weighted by molar-refractivity contribution is 0.0729. The molecule has 0 aromatic heterocycles. The Hall–Kier alpha value is -3.57. The molecule has 0 radical (unpaired) electrons. The number of carbonyl (C=O) groups excluding carboxylic acids is 1. The van der Waals surface area contributed by atoms with Gasteiger partial charge in [0.2, 0.25) is 0 Å². The molecule has 0 aliphatic rings. The van der Waals surface area contributed by atoms with Gasteiger partial charge >= 0.3 is 5.97 Å². The quantitative estimate of drug-likeness (QED) is 0.159. The zero-order valence-electron chi connectivity index (χ0n) is 18.2. The second-order valence-corrected chi connectivity index (χ2v) is 8.38. The molecule has 0 spiro atoms. The topological polar surface area (TPSA) is 26.3 Å². The number of rotatable bonds is 6. The molecule has 0 saturated heterocycles. The zero-order valence-corrected chi connectivity index (χ0v) is 19.0. The third-order valence-corrected chi connectivity index (χ3v) is 5.92. The minimum atomic E-state index is -1.08. The van der Waals surface area contributed by atoms with Crippen LogP contribution in [0.2, 0.25) is 5.02 Å². The summed E-state index contributed by atoms with van der Waals surface area (Å²) in [6, 6.07) is 23.7. The summed E-state index contributed by atoms with van der Waals surface area (Å²) in [5.74, 6) is -4.09. The van der Waals surface area contributed by atoms with Crippen LogP contribution in [0.5, 0.6) is 5.75 Å². The van der Waals surface area contributed by atoms with E-state index in [4.69, 9.17) is 16.3 Å². The Morgan fingerprint density at radius 3 is 2.06 bits per heavy atom. The smallest absolute Gasteiger partial charge is 0.346 e.